The molecule has 1 aliphatic heterocycles. The van der Waals surface area contributed by atoms with Crippen LogP contribution in [-0.4, -0.2) is 27.5 Å². The Morgan fingerprint density at radius 2 is 2.00 bits per heavy atom. The number of carbonyl (C=O) groups excluding carboxylic acids is 1. The van der Waals surface area contributed by atoms with E-state index in [2.05, 4.69) is 23.5 Å². The second-order valence-electron chi connectivity index (χ2n) is 4.24. The fraction of sp³-hybridized carbons (Fsp3) is 0.143. The summed E-state index contributed by atoms with van der Waals surface area (Å²) in [5.74, 6) is 0.526. The molecule has 5 heteroatoms. The van der Waals surface area contributed by atoms with Crippen LogP contribution in [-0.2, 0) is 4.79 Å². The van der Waals surface area contributed by atoms with Crippen LogP contribution in [0, 0.1) is 0 Å². The van der Waals surface area contributed by atoms with Crippen molar-refractivity contribution in [2.24, 2.45) is 0 Å². The quantitative estimate of drug-likeness (QED) is 0.880. The highest BCUT2D eigenvalue weighted by molar-refractivity contribution is 8.23. The maximum absolute atomic E-state index is 11.6. The predicted octanol–water partition coefficient (Wildman–Crippen LogP) is 3.07. The molecular weight excluding hydrogens is 276 g/mol. The highest BCUT2D eigenvalue weighted by Crippen LogP contribution is 2.24. The van der Waals surface area contributed by atoms with Gasteiger partial charge < -0.3 is 5.32 Å². The highest BCUT2D eigenvalue weighted by atomic mass is 32.2. The SMILES string of the molecule is O=C1CSC(=S)N1CNc1cccc2ccccc12. The Kier molecular flexibility index (Phi) is 3.40. The van der Waals surface area contributed by atoms with Crippen LogP contribution in [0.25, 0.3) is 10.8 Å². The minimum Gasteiger partial charge on any atom is -0.367 e. The van der Waals surface area contributed by atoms with Gasteiger partial charge in [-0.05, 0) is 11.5 Å². The van der Waals surface area contributed by atoms with Gasteiger partial charge in [-0.1, -0.05) is 60.4 Å². The minimum atomic E-state index is 0.0720. The summed E-state index contributed by atoms with van der Waals surface area (Å²) in [6.07, 6.45) is 0. The molecule has 0 aromatic heterocycles. The second kappa shape index (κ2) is 5.19. The van der Waals surface area contributed by atoms with Gasteiger partial charge in [-0.15, -0.1) is 0 Å². The zero-order chi connectivity index (χ0) is 13.2. The monoisotopic (exact) mass is 288 g/mol. The van der Waals surface area contributed by atoms with E-state index in [0.29, 0.717) is 16.7 Å². The van der Waals surface area contributed by atoms with Crippen LogP contribution >= 0.6 is 24.0 Å². The van der Waals surface area contributed by atoms with Crippen molar-refractivity contribution in [1.29, 1.82) is 0 Å². The lowest BCUT2D eigenvalue weighted by molar-refractivity contribution is -0.123. The number of nitrogens with zero attached hydrogens (tertiary/aromatic N) is 1. The van der Waals surface area contributed by atoms with Gasteiger partial charge in [-0.3, -0.25) is 9.69 Å². The van der Waals surface area contributed by atoms with E-state index in [0.717, 1.165) is 11.1 Å². The minimum absolute atomic E-state index is 0.0720. The molecule has 0 atom stereocenters. The third kappa shape index (κ3) is 2.43. The molecule has 0 bridgehead atoms. The van der Waals surface area contributed by atoms with Crippen LogP contribution in [0.15, 0.2) is 42.5 Å². The number of rotatable bonds is 3. The number of thioether (sulfide) groups is 1. The van der Waals surface area contributed by atoms with Gasteiger partial charge in [-0.25, -0.2) is 0 Å². The van der Waals surface area contributed by atoms with Crippen LogP contribution in [0.3, 0.4) is 0 Å². The van der Waals surface area contributed by atoms with Crippen molar-refractivity contribution in [3.63, 3.8) is 0 Å². The lowest BCUT2D eigenvalue weighted by Gasteiger charge is -2.17. The number of nitrogens with one attached hydrogen (secondary N) is 1. The Hall–Kier alpha value is -1.59. The Labute approximate surface area is 121 Å². The molecule has 3 rings (SSSR count). The van der Waals surface area contributed by atoms with Gasteiger partial charge in [0.1, 0.15) is 4.32 Å². The summed E-state index contributed by atoms with van der Waals surface area (Å²) in [6, 6.07) is 14.3. The van der Waals surface area contributed by atoms with Crippen LogP contribution in [0.1, 0.15) is 0 Å². The number of amides is 1. The molecule has 3 nitrogen and oxygen atoms in total. The van der Waals surface area contributed by atoms with Gasteiger partial charge >= 0.3 is 0 Å². The number of anilines is 1. The highest BCUT2D eigenvalue weighted by Gasteiger charge is 2.26. The first-order valence-corrected chi connectivity index (χ1v) is 7.34. The number of thiocarbonyl (C=S) groups is 1. The van der Waals surface area contributed by atoms with Crippen LogP contribution < -0.4 is 5.32 Å². The molecule has 19 heavy (non-hydrogen) atoms. The summed E-state index contributed by atoms with van der Waals surface area (Å²) in [5.41, 5.74) is 1.02. The van der Waals surface area contributed by atoms with Gasteiger partial charge in [0.15, 0.2) is 0 Å². The Bertz CT molecular complexity index is 635. The van der Waals surface area contributed by atoms with Gasteiger partial charge in [0.25, 0.3) is 0 Å². The van der Waals surface area contributed by atoms with E-state index in [1.807, 2.05) is 24.3 Å². The Morgan fingerprint density at radius 1 is 1.21 bits per heavy atom. The van der Waals surface area contributed by atoms with E-state index in [4.69, 9.17) is 12.2 Å². The summed E-state index contributed by atoms with van der Waals surface area (Å²) in [7, 11) is 0. The molecule has 0 aliphatic carbocycles. The summed E-state index contributed by atoms with van der Waals surface area (Å²) < 4.78 is 0.651. The van der Waals surface area contributed by atoms with Crippen molar-refractivity contribution >= 4 is 50.7 Å². The van der Waals surface area contributed by atoms with Gasteiger partial charge in [0, 0.05) is 11.1 Å². The molecule has 1 heterocycles. The second-order valence-corrected chi connectivity index (χ2v) is 5.85. The summed E-state index contributed by atoms with van der Waals surface area (Å²) in [4.78, 5) is 13.3. The van der Waals surface area contributed by atoms with Crippen molar-refractivity contribution < 1.29 is 4.79 Å². The summed E-state index contributed by atoms with van der Waals surface area (Å²) >= 11 is 6.58. The van der Waals surface area contributed by atoms with Crippen molar-refractivity contribution in [3.05, 3.63) is 42.5 Å². The lowest BCUT2D eigenvalue weighted by Crippen LogP contribution is -2.33. The normalized spacial score (nSPS) is 15.3. The number of carbonyl (C=O) groups is 1. The lowest BCUT2D eigenvalue weighted by atomic mass is 10.1. The van der Waals surface area contributed by atoms with E-state index >= 15 is 0 Å². The van der Waals surface area contributed by atoms with Crippen molar-refractivity contribution in [2.45, 2.75) is 0 Å². The van der Waals surface area contributed by atoms with Crippen LogP contribution in [0.2, 0.25) is 0 Å². The van der Waals surface area contributed by atoms with Crippen LogP contribution in [0.4, 0.5) is 5.69 Å². The number of fused-ring (bicyclic) bond motifs is 1. The molecule has 1 fully saturated rings. The molecule has 0 spiro atoms. The Morgan fingerprint density at radius 3 is 2.79 bits per heavy atom. The van der Waals surface area contributed by atoms with Gasteiger partial charge in [0.05, 0.1) is 12.4 Å². The largest absolute Gasteiger partial charge is 0.367 e. The predicted molar refractivity (Wildman–Crippen MR) is 84.3 cm³/mol. The standard InChI is InChI=1S/C14H12N2OS2/c17-13-8-19-14(18)16(13)9-15-12-7-3-5-10-4-1-2-6-11(10)12/h1-7,15H,8-9H2. The Balaban J connectivity index is 1.82. The van der Waals surface area contributed by atoms with Gasteiger partial charge in [0.2, 0.25) is 5.91 Å². The molecule has 96 valence electrons. The third-order valence-electron chi connectivity index (χ3n) is 3.06. The molecule has 1 N–H and O–H groups in total. The molecule has 2 aromatic rings. The third-order valence-corrected chi connectivity index (χ3v) is 4.49. The van der Waals surface area contributed by atoms with Gasteiger partial charge in [-0.2, -0.15) is 0 Å². The van der Waals surface area contributed by atoms with Crippen molar-refractivity contribution in [1.82, 2.24) is 4.90 Å². The molecule has 1 amide bonds. The fourth-order valence-corrected chi connectivity index (χ4v) is 3.15. The molecule has 1 aliphatic rings. The molecule has 0 unspecified atom stereocenters. The fourth-order valence-electron chi connectivity index (χ4n) is 2.08. The zero-order valence-electron chi connectivity index (χ0n) is 10.1. The number of hydrogen-bond acceptors (Lipinski definition) is 4. The first-order chi connectivity index (χ1) is 9.25. The topological polar surface area (TPSA) is 32.3 Å². The molecular formula is C14H12N2OS2. The maximum Gasteiger partial charge on any atom is 0.239 e. The summed E-state index contributed by atoms with van der Waals surface area (Å²) in [5, 5.41) is 5.62. The summed E-state index contributed by atoms with van der Waals surface area (Å²) in [6.45, 7) is 0.429. The van der Waals surface area contributed by atoms with Crippen molar-refractivity contribution in [2.75, 3.05) is 17.7 Å². The van der Waals surface area contributed by atoms with Crippen molar-refractivity contribution in [3.8, 4) is 0 Å². The maximum atomic E-state index is 11.6. The smallest absolute Gasteiger partial charge is 0.239 e. The molecule has 1 saturated heterocycles. The zero-order valence-corrected chi connectivity index (χ0v) is 11.8. The van der Waals surface area contributed by atoms with E-state index in [9.17, 15) is 4.79 Å². The molecule has 0 saturated carbocycles. The number of hydrogen-bond donors (Lipinski definition) is 1. The molecule has 0 radical (unpaired) electrons. The number of benzene rings is 2. The van der Waals surface area contributed by atoms with Crippen LogP contribution in [0.5, 0.6) is 0 Å². The first-order valence-electron chi connectivity index (χ1n) is 5.94. The van der Waals surface area contributed by atoms with E-state index in [-0.39, 0.29) is 5.91 Å². The molecule has 2 aromatic carbocycles. The van der Waals surface area contributed by atoms with E-state index in [1.54, 1.807) is 4.90 Å². The van der Waals surface area contributed by atoms with E-state index < -0.39 is 0 Å². The van der Waals surface area contributed by atoms with E-state index in [1.165, 1.54) is 17.1 Å². The average Bonchev–Trinajstić information content (AvgIpc) is 2.76. The average molecular weight is 288 g/mol. The first kappa shape index (κ1) is 12.4.